The van der Waals surface area contributed by atoms with E-state index < -0.39 is 5.97 Å². The number of aliphatic carboxylic acids is 1. The molecule has 0 saturated carbocycles. The third-order valence-electron chi connectivity index (χ3n) is 3.06. The number of carboxylic acids is 1. The van der Waals surface area contributed by atoms with Crippen molar-refractivity contribution in [1.29, 1.82) is 5.26 Å². The zero-order chi connectivity index (χ0) is 15.6. The second-order valence-corrected chi connectivity index (χ2v) is 4.88. The lowest BCUT2D eigenvalue weighted by Crippen LogP contribution is -1.99. The van der Waals surface area contributed by atoms with Gasteiger partial charge >= 0.3 is 5.97 Å². The smallest absolute Gasteiger partial charge is 0.346 e. The Hall–Kier alpha value is -2.58. The van der Waals surface area contributed by atoms with Crippen molar-refractivity contribution < 1.29 is 9.90 Å². The third-order valence-corrected chi connectivity index (χ3v) is 3.31. The van der Waals surface area contributed by atoms with Crippen LogP contribution < -0.4 is 0 Å². The van der Waals surface area contributed by atoms with Crippen LogP contribution in [0.25, 0.3) is 11.8 Å². The SMILES string of the molecule is Cc1nn(-c2ccc(Cl)cc2)c(C)c1/C=C(\C#N)C(=O)O. The monoisotopic (exact) mass is 301 g/mol. The number of carboxylic acid groups (broad SMARTS) is 1. The number of nitrogens with zero attached hydrogens (tertiary/aromatic N) is 3. The molecule has 0 unspecified atom stereocenters. The van der Waals surface area contributed by atoms with Gasteiger partial charge in [0.1, 0.15) is 11.6 Å². The minimum Gasteiger partial charge on any atom is -0.477 e. The summed E-state index contributed by atoms with van der Waals surface area (Å²) in [5.41, 5.74) is 2.52. The Morgan fingerprint density at radius 3 is 2.52 bits per heavy atom. The Balaban J connectivity index is 2.55. The predicted molar refractivity (Wildman–Crippen MR) is 79.3 cm³/mol. The standard InChI is InChI=1S/C15H12ClN3O2/c1-9-14(7-11(8-17)15(20)21)10(2)19(18-9)13-5-3-12(16)4-6-13/h3-7H,1-2H3,(H,20,21)/b11-7+. The van der Waals surface area contributed by atoms with Gasteiger partial charge in [0.25, 0.3) is 0 Å². The van der Waals surface area contributed by atoms with E-state index in [-0.39, 0.29) is 5.57 Å². The van der Waals surface area contributed by atoms with Gasteiger partial charge in [0.2, 0.25) is 0 Å². The number of nitriles is 1. The molecule has 0 aliphatic heterocycles. The first-order valence-corrected chi connectivity index (χ1v) is 6.49. The van der Waals surface area contributed by atoms with Crippen molar-refractivity contribution in [1.82, 2.24) is 9.78 Å². The normalized spacial score (nSPS) is 11.2. The number of rotatable bonds is 3. The number of hydrogen-bond donors (Lipinski definition) is 1. The Morgan fingerprint density at radius 2 is 2.00 bits per heavy atom. The van der Waals surface area contributed by atoms with Gasteiger partial charge in [0.15, 0.2) is 0 Å². The fourth-order valence-electron chi connectivity index (χ4n) is 1.98. The molecular weight excluding hydrogens is 290 g/mol. The van der Waals surface area contributed by atoms with Gasteiger partial charge in [-0.2, -0.15) is 10.4 Å². The number of halogens is 1. The molecule has 106 valence electrons. The van der Waals surface area contributed by atoms with Crippen molar-refractivity contribution in [2.45, 2.75) is 13.8 Å². The lowest BCUT2D eigenvalue weighted by molar-refractivity contribution is -0.132. The maximum absolute atomic E-state index is 10.9. The van der Waals surface area contributed by atoms with E-state index in [1.807, 2.05) is 19.1 Å². The molecule has 0 amide bonds. The highest BCUT2D eigenvalue weighted by atomic mass is 35.5. The molecule has 0 spiro atoms. The fraction of sp³-hybridized carbons (Fsp3) is 0.133. The molecule has 0 saturated heterocycles. The fourth-order valence-corrected chi connectivity index (χ4v) is 2.11. The summed E-state index contributed by atoms with van der Waals surface area (Å²) in [5, 5.41) is 22.8. The molecule has 2 rings (SSSR count). The Kier molecular flexibility index (Phi) is 4.10. The van der Waals surface area contributed by atoms with E-state index in [4.69, 9.17) is 22.0 Å². The molecule has 1 aromatic carbocycles. The minimum atomic E-state index is -1.25. The van der Waals surface area contributed by atoms with E-state index >= 15 is 0 Å². The van der Waals surface area contributed by atoms with Gasteiger partial charge in [0.05, 0.1) is 11.4 Å². The molecule has 0 bridgehead atoms. The summed E-state index contributed by atoms with van der Waals surface area (Å²) in [5.74, 6) is -1.25. The molecule has 0 atom stereocenters. The molecule has 1 N–H and O–H groups in total. The highest BCUT2D eigenvalue weighted by Crippen LogP contribution is 2.21. The van der Waals surface area contributed by atoms with Crippen LogP contribution in [-0.2, 0) is 4.79 Å². The van der Waals surface area contributed by atoms with Gasteiger partial charge in [0, 0.05) is 16.3 Å². The first kappa shape index (κ1) is 14.8. The number of benzene rings is 1. The first-order chi connectivity index (χ1) is 9.93. The van der Waals surface area contributed by atoms with Crippen molar-refractivity contribution in [3.63, 3.8) is 0 Å². The third kappa shape index (κ3) is 2.96. The summed E-state index contributed by atoms with van der Waals surface area (Å²) in [6.45, 7) is 3.58. The molecule has 0 aliphatic carbocycles. The summed E-state index contributed by atoms with van der Waals surface area (Å²) < 4.78 is 1.69. The van der Waals surface area contributed by atoms with Crippen LogP contribution >= 0.6 is 11.6 Å². The van der Waals surface area contributed by atoms with Gasteiger partial charge in [-0.05, 0) is 44.2 Å². The van der Waals surface area contributed by atoms with E-state index in [0.29, 0.717) is 16.3 Å². The highest BCUT2D eigenvalue weighted by Gasteiger charge is 2.14. The summed E-state index contributed by atoms with van der Waals surface area (Å²) >= 11 is 5.86. The van der Waals surface area contributed by atoms with Crippen LogP contribution in [0.2, 0.25) is 5.02 Å². The van der Waals surface area contributed by atoms with Crippen molar-refractivity contribution in [3.05, 3.63) is 51.8 Å². The predicted octanol–water partition coefficient (Wildman–Crippen LogP) is 3.13. The minimum absolute atomic E-state index is 0.322. The quantitative estimate of drug-likeness (QED) is 0.697. The topological polar surface area (TPSA) is 78.9 Å². The second kappa shape index (κ2) is 5.81. The average Bonchev–Trinajstić information content (AvgIpc) is 2.72. The molecule has 6 heteroatoms. The lowest BCUT2D eigenvalue weighted by Gasteiger charge is -2.04. The van der Waals surface area contributed by atoms with E-state index in [1.54, 1.807) is 29.8 Å². The van der Waals surface area contributed by atoms with Crippen LogP contribution in [0.4, 0.5) is 0 Å². The van der Waals surface area contributed by atoms with Crippen molar-refractivity contribution >= 4 is 23.6 Å². The first-order valence-electron chi connectivity index (χ1n) is 6.11. The maximum Gasteiger partial charge on any atom is 0.346 e. The molecule has 0 aliphatic rings. The zero-order valence-electron chi connectivity index (χ0n) is 11.5. The van der Waals surface area contributed by atoms with Crippen LogP contribution in [-0.4, -0.2) is 20.9 Å². The Labute approximate surface area is 126 Å². The lowest BCUT2D eigenvalue weighted by atomic mass is 10.1. The molecule has 1 aromatic heterocycles. The average molecular weight is 302 g/mol. The Morgan fingerprint density at radius 1 is 1.38 bits per heavy atom. The Bertz CT molecular complexity index is 767. The van der Waals surface area contributed by atoms with E-state index in [1.165, 1.54) is 6.08 Å². The van der Waals surface area contributed by atoms with E-state index in [0.717, 1.165) is 11.4 Å². The maximum atomic E-state index is 10.9. The summed E-state index contributed by atoms with van der Waals surface area (Å²) in [6, 6.07) is 8.80. The molecule has 1 heterocycles. The molecule has 5 nitrogen and oxygen atoms in total. The summed E-state index contributed by atoms with van der Waals surface area (Å²) in [4.78, 5) is 10.9. The van der Waals surface area contributed by atoms with Gasteiger partial charge in [-0.15, -0.1) is 0 Å². The van der Waals surface area contributed by atoms with Gasteiger partial charge in [-0.25, -0.2) is 9.48 Å². The largest absolute Gasteiger partial charge is 0.477 e. The molecule has 0 fully saturated rings. The van der Waals surface area contributed by atoms with Crippen molar-refractivity contribution in [2.75, 3.05) is 0 Å². The zero-order valence-corrected chi connectivity index (χ0v) is 12.2. The number of hydrogen-bond acceptors (Lipinski definition) is 3. The van der Waals surface area contributed by atoms with Gasteiger partial charge in [-0.1, -0.05) is 11.6 Å². The van der Waals surface area contributed by atoms with Crippen LogP contribution in [0.5, 0.6) is 0 Å². The summed E-state index contributed by atoms with van der Waals surface area (Å²) in [6.07, 6.45) is 1.34. The molecule has 2 aromatic rings. The van der Waals surface area contributed by atoms with Crippen molar-refractivity contribution in [2.24, 2.45) is 0 Å². The molecule has 0 radical (unpaired) electrons. The van der Waals surface area contributed by atoms with Crippen LogP contribution in [0.15, 0.2) is 29.8 Å². The van der Waals surface area contributed by atoms with E-state index in [9.17, 15) is 4.79 Å². The number of aryl methyl sites for hydroxylation is 1. The van der Waals surface area contributed by atoms with Gasteiger partial charge in [-0.3, -0.25) is 0 Å². The molecular formula is C15H12ClN3O2. The number of aromatic nitrogens is 2. The van der Waals surface area contributed by atoms with Crippen LogP contribution in [0.1, 0.15) is 17.0 Å². The summed E-state index contributed by atoms with van der Waals surface area (Å²) in [7, 11) is 0. The molecule has 21 heavy (non-hydrogen) atoms. The second-order valence-electron chi connectivity index (χ2n) is 4.45. The van der Waals surface area contributed by atoms with Crippen LogP contribution in [0.3, 0.4) is 0 Å². The van der Waals surface area contributed by atoms with Crippen LogP contribution in [0, 0.1) is 25.2 Å². The van der Waals surface area contributed by atoms with Crippen molar-refractivity contribution in [3.8, 4) is 11.8 Å². The highest BCUT2D eigenvalue weighted by molar-refractivity contribution is 6.30. The van der Waals surface area contributed by atoms with Gasteiger partial charge < -0.3 is 5.11 Å². The number of carbonyl (C=O) groups is 1. The van der Waals surface area contributed by atoms with E-state index in [2.05, 4.69) is 5.10 Å².